The normalized spacial score (nSPS) is 11.7. The van der Waals surface area contributed by atoms with Crippen molar-refractivity contribution in [3.63, 3.8) is 0 Å². The number of nitrogens with two attached hydrogens (primary N) is 1. The van der Waals surface area contributed by atoms with Crippen molar-refractivity contribution in [3.8, 4) is 0 Å². The lowest BCUT2D eigenvalue weighted by molar-refractivity contribution is 0.596. The van der Waals surface area contributed by atoms with Crippen molar-refractivity contribution in [2.75, 3.05) is 11.5 Å². The van der Waals surface area contributed by atoms with Gasteiger partial charge in [-0.1, -0.05) is 13.8 Å². The summed E-state index contributed by atoms with van der Waals surface area (Å²) in [5.74, 6) is 0.168. The van der Waals surface area contributed by atoms with Crippen LogP contribution in [-0.2, 0) is 19.1 Å². The third-order valence-corrected chi connectivity index (χ3v) is 3.27. The van der Waals surface area contributed by atoms with Crippen molar-refractivity contribution in [2.45, 2.75) is 26.7 Å². The molecule has 0 aliphatic carbocycles. The van der Waals surface area contributed by atoms with Crippen LogP contribution in [-0.4, -0.2) is 28.3 Å². The van der Waals surface area contributed by atoms with Gasteiger partial charge >= 0.3 is 0 Å². The van der Waals surface area contributed by atoms with Gasteiger partial charge in [0.15, 0.2) is 0 Å². The predicted octanol–water partition coefficient (Wildman–Crippen LogP) is 0.650. The van der Waals surface area contributed by atoms with Crippen molar-refractivity contribution in [1.82, 2.24) is 0 Å². The molecular weight excluding hydrogens is 250 g/mol. The van der Waals surface area contributed by atoms with Gasteiger partial charge < -0.3 is 0 Å². The van der Waals surface area contributed by atoms with Crippen molar-refractivity contribution >= 4 is 29.8 Å². The third kappa shape index (κ3) is 22.7. The molecule has 2 N–H and O–H groups in total. The Labute approximate surface area is 90.1 Å². The Bertz CT molecular complexity index is 288. The molecule has 5 nitrogen and oxygen atoms in total. The summed E-state index contributed by atoms with van der Waals surface area (Å²) in [6.07, 6.45) is 1.19. The van der Waals surface area contributed by atoms with Crippen LogP contribution >= 0.6 is 10.7 Å². The molecule has 0 atom stereocenters. The van der Waals surface area contributed by atoms with Gasteiger partial charge in [-0.25, -0.2) is 22.0 Å². The second kappa shape index (κ2) is 7.44. The van der Waals surface area contributed by atoms with Gasteiger partial charge in [-0.05, 0) is 12.8 Å². The average Bonchev–Trinajstić information content (AvgIpc) is 1.81. The average molecular weight is 266 g/mol. The van der Waals surface area contributed by atoms with Gasteiger partial charge in [0, 0.05) is 10.7 Å². The topological polar surface area (TPSA) is 94.3 Å². The van der Waals surface area contributed by atoms with Gasteiger partial charge in [0.05, 0.1) is 11.5 Å². The molecule has 0 radical (unpaired) electrons. The standard InChI is InChI=1S/C3H7ClO2S.C3H9NO2S/c2*1-2-3-7(4,5)6/h2-3H2,1H3;2-3H2,1H3,(H2,4,5,6). The molecule has 0 heterocycles. The van der Waals surface area contributed by atoms with Gasteiger partial charge in [0.25, 0.3) is 0 Å². The fourth-order valence-corrected chi connectivity index (χ4v) is 2.05. The zero-order valence-corrected chi connectivity index (χ0v) is 10.6. The van der Waals surface area contributed by atoms with Crippen molar-refractivity contribution in [3.05, 3.63) is 0 Å². The zero-order chi connectivity index (χ0) is 11.8. The summed E-state index contributed by atoms with van der Waals surface area (Å²) in [6.45, 7) is 3.53. The van der Waals surface area contributed by atoms with E-state index in [4.69, 9.17) is 10.7 Å². The Kier molecular flexibility index (Phi) is 8.81. The van der Waals surface area contributed by atoms with Crippen molar-refractivity contribution < 1.29 is 16.8 Å². The van der Waals surface area contributed by atoms with E-state index >= 15 is 0 Å². The molecule has 14 heavy (non-hydrogen) atoms. The van der Waals surface area contributed by atoms with E-state index < -0.39 is 19.1 Å². The van der Waals surface area contributed by atoms with Crippen LogP contribution in [0.25, 0.3) is 0 Å². The Morgan fingerprint density at radius 3 is 1.36 bits per heavy atom. The molecule has 0 amide bonds. The van der Waals surface area contributed by atoms with Crippen LogP contribution in [0.4, 0.5) is 0 Å². The van der Waals surface area contributed by atoms with Gasteiger partial charge in [-0.3, -0.25) is 0 Å². The Morgan fingerprint density at radius 1 is 1.00 bits per heavy atom. The Balaban J connectivity index is 0. The molecule has 0 aromatic rings. The monoisotopic (exact) mass is 265 g/mol. The summed E-state index contributed by atoms with van der Waals surface area (Å²) in [5.41, 5.74) is 0. The van der Waals surface area contributed by atoms with E-state index in [2.05, 4.69) is 5.14 Å². The highest BCUT2D eigenvalue weighted by Crippen LogP contribution is 1.96. The molecule has 0 saturated heterocycles. The maximum absolute atomic E-state index is 10.0. The molecule has 0 aromatic heterocycles. The van der Waals surface area contributed by atoms with Crippen LogP contribution < -0.4 is 5.14 Å². The molecular formula is C6H16ClNO4S2. The summed E-state index contributed by atoms with van der Waals surface area (Å²) >= 11 is 0. The van der Waals surface area contributed by atoms with E-state index in [1.165, 1.54) is 0 Å². The molecule has 0 aliphatic rings. The quantitative estimate of drug-likeness (QED) is 0.755. The van der Waals surface area contributed by atoms with Gasteiger partial charge in [-0.2, -0.15) is 0 Å². The molecule has 0 aromatic carbocycles. The molecule has 88 valence electrons. The minimum atomic E-state index is -3.20. The van der Waals surface area contributed by atoms with Crippen LogP contribution in [0.15, 0.2) is 0 Å². The van der Waals surface area contributed by atoms with Crippen LogP contribution in [0.3, 0.4) is 0 Å². The third-order valence-electron chi connectivity index (χ3n) is 0.937. The first kappa shape index (κ1) is 16.6. The molecule has 0 fully saturated rings. The summed E-state index contributed by atoms with van der Waals surface area (Å²) in [7, 11) is -1.57. The highest BCUT2D eigenvalue weighted by molar-refractivity contribution is 8.13. The summed E-state index contributed by atoms with van der Waals surface area (Å²) in [4.78, 5) is 0. The lowest BCUT2D eigenvalue weighted by atomic mass is 10.6. The fraction of sp³-hybridized carbons (Fsp3) is 1.00. The Hall–Kier alpha value is 0.150. The second-order valence-corrected chi connectivity index (χ2v) is 7.24. The summed E-state index contributed by atoms with van der Waals surface area (Å²) in [6, 6.07) is 0. The minimum Gasteiger partial charge on any atom is -0.229 e. The number of hydrogen-bond acceptors (Lipinski definition) is 4. The molecule has 8 heteroatoms. The molecule has 0 rings (SSSR count). The maximum atomic E-state index is 10.0. The lowest BCUT2D eigenvalue weighted by Gasteiger charge is -1.87. The van der Waals surface area contributed by atoms with Crippen molar-refractivity contribution in [1.29, 1.82) is 0 Å². The highest BCUT2D eigenvalue weighted by atomic mass is 35.7. The highest BCUT2D eigenvalue weighted by Gasteiger charge is 1.99. The lowest BCUT2D eigenvalue weighted by Crippen LogP contribution is -2.15. The van der Waals surface area contributed by atoms with Gasteiger partial charge in [-0.15, -0.1) is 0 Å². The van der Waals surface area contributed by atoms with Crippen molar-refractivity contribution in [2.24, 2.45) is 5.14 Å². The molecule has 0 saturated carbocycles. The minimum absolute atomic E-state index is 0.0779. The maximum Gasteiger partial charge on any atom is 0.232 e. The van der Waals surface area contributed by atoms with E-state index in [1.807, 2.05) is 0 Å². The van der Waals surface area contributed by atoms with E-state index in [1.54, 1.807) is 13.8 Å². The van der Waals surface area contributed by atoms with Gasteiger partial charge in [0.2, 0.25) is 19.1 Å². The van der Waals surface area contributed by atoms with Gasteiger partial charge in [0.1, 0.15) is 0 Å². The van der Waals surface area contributed by atoms with E-state index in [-0.39, 0.29) is 11.5 Å². The molecule has 0 aliphatic heterocycles. The summed E-state index contributed by atoms with van der Waals surface area (Å²) < 4.78 is 40.0. The zero-order valence-electron chi connectivity index (χ0n) is 8.23. The van der Waals surface area contributed by atoms with E-state index in [0.717, 1.165) is 0 Å². The van der Waals surface area contributed by atoms with E-state index in [0.29, 0.717) is 12.8 Å². The fourth-order valence-electron chi connectivity index (χ4n) is 0.528. The smallest absolute Gasteiger partial charge is 0.229 e. The van der Waals surface area contributed by atoms with E-state index in [9.17, 15) is 16.8 Å². The number of sulfonamides is 1. The summed E-state index contributed by atoms with van der Waals surface area (Å²) in [5, 5.41) is 4.62. The number of rotatable bonds is 4. The number of primary sulfonamides is 1. The second-order valence-electron chi connectivity index (χ2n) is 2.61. The largest absolute Gasteiger partial charge is 0.232 e. The first-order chi connectivity index (χ1) is 6.12. The predicted molar refractivity (Wildman–Crippen MR) is 58.2 cm³/mol. The van der Waals surface area contributed by atoms with Crippen LogP contribution in [0.5, 0.6) is 0 Å². The van der Waals surface area contributed by atoms with Crippen LogP contribution in [0.1, 0.15) is 26.7 Å². The van der Waals surface area contributed by atoms with Crippen LogP contribution in [0, 0.1) is 0 Å². The number of halogens is 1. The molecule has 0 bridgehead atoms. The first-order valence-corrected chi connectivity index (χ1v) is 8.24. The SMILES string of the molecule is CCCS(=O)(=O)Cl.CCCS(N)(=O)=O. The Morgan fingerprint density at radius 2 is 1.36 bits per heavy atom. The first-order valence-electron chi connectivity index (χ1n) is 4.05. The van der Waals surface area contributed by atoms with Crippen LogP contribution in [0.2, 0.25) is 0 Å². The molecule has 0 unspecified atom stereocenters. The molecule has 0 spiro atoms. The number of hydrogen-bond donors (Lipinski definition) is 1.